The van der Waals surface area contributed by atoms with E-state index >= 15 is 0 Å². The van der Waals surface area contributed by atoms with Crippen molar-refractivity contribution in [2.45, 2.75) is 33.9 Å². The number of carbonyl (C=O) groups excluding carboxylic acids is 1. The van der Waals surface area contributed by atoms with Gasteiger partial charge in [-0.2, -0.15) is 0 Å². The molecule has 0 radical (unpaired) electrons. The molecule has 1 N–H and O–H groups in total. The summed E-state index contributed by atoms with van der Waals surface area (Å²) in [6.45, 7) is 10.2. The van der Waals surface area contributed by atoms with Crippen LogP contribution in [0.4, 0.5) is 0 Å². The minimum atomic E-state index is -0.128. The number of benzene rings is 2. The summed E-state index contributed by atoms with van der Waals surface area (Å²) >= 11 is 0. The van der Waals surface area contributed by atoms with Crippen LogP contribution in [0.15, 0.2) is 48.5 Å². The normalized spacial score (nSPS) is 11.1. The van der Waals surface area contributed by atoms with Crippen LogP contribution >= 0.6 is 0 Å². The SMILES string of the molecule is CCOc1cc(/C=C/C(=O)NCc2ccccc2CN(CC)CC)ccc1OC. The van der Waals surface area contributed by atoms with Gasteiger partial charge in [0.2, 0.25) is 5.91 Å². The summed E-state index contributed by atoms with van der Waals surface area (Å²) in [5, 5.41) is 2.98. The lowest BCUT2D eigenvalue weighted by Crippen LogP contribution is -2.25. The topological polar surface area (TPSA) is 50.8 Å². The van der Waals surface area contributed by atoms with Gasteiger partial charge < -0.3 is 14.8 Å². The average Bonchev–Trinajstić information content (AvgIpc) is 2.75. The summed E-state index contributed by atoms with van der Waals surface area (Å²) in [6.07, 6.45) is 3.32. The van der Waals surface area contributed by atoms with Gasteiger partial charge in [-0.25, -0.2) is 0 Å². The molecule has 0 atom stereocenters. The van der Waals surface area contributed by atoms with Crippen molar-refractivity contribution in [3.63, 3.8) is 0 Å². The average molecular weight is 397 g/mol. The molecule has 0 spiro atoms. The summed E-state index contributed by atoms with van der Waals surface area (Å²) in [7, 11) is 1.61. The van der Waals surface area contributed by atoms with Crippen LogP contribution in [0, 0.1) is 0 Å². The molecule has 0 heterocycles. The zero-order chi connectivity index (χ0) is 21.1. The number of hydrogen-bond donors (Lipinski definition) is 1. The van der Waals surface area contributed by atoms with Gasteiger partial charge >= 0.3 is 0 Å². The predicted octanol–water partition coefficient (Wildman–Crippen LogP) is 4.27. The molecule has 0 unspecified atom stereocenters. The lowest BCUT2D eigenvalue weighted by molar-refractivity contribution is -0.116. The molecule has 1 amide bonds. The fourth-order valence-corrected chi connectivity index (χ4v) is 3.05. The molecule has 5 nitrogen and oxygen atoms in total. The van der Waals surface area contributed by atoms with E-state index in [2.05, 4.69) is 36.2 Å². The molecule has 0 fully saturated rings. The first-order chi connectivity index (χ1) is 14.1. The van der Waals surface area contributed by atoms with Crippen LogP contribution in [-0.4, -0.2) is 37.6 Å². The Hall–Kier alpha value is -2.79. The number of nitrogens with zero attached hydrogens (tertiary/aromatic N) is 1. The molecular weight excluding hydrogens is 364 g/mol. The molecule has 0 bridgehead atoms. The highest BCUT2D eigenvalue weighted by atomic mass is 16.5. The van der Waals surface area contributed by atoms with Crippen molar-refractivity contribution in [2.24, 2.45) is 0 Å². The monoisotopic (exact) mass is 396 g/mol. The molecule has 0 aliphatic carbocycles. The van der Waals surface area contributed by atoms with E-state index in [0.29, 0.717) is 24.7 Å². The Morgan fingerprint density at radius 1 is 1.03 bits per heavy atom. The van der Waals surface area contributed by atoms with E-state index in [0.717, 1.165) is 30.8 Å². The minimum absolute atomic E-state index is 0.128. The van der Waals surface area contributed by atoms with Crippen molar-refractivity contribution < 1.29 is 14.3 Å². The second kappa shape index (κ2) is 11.9. The molecule has 29 heavy (non-hydrogen) atoms. The molecular formula is C24H32N2O3. The lowest BCUT2D eigenvalue weighted by atomic mass is 10.1. The number of methoxy groups -OCH3 is 1. The number of hydrogen-bond acceptors (Lipinski definition) is 4. The van der Waals surface area contributed by atoms with Gasteiger partial charge in [-0.1, -0.05) is 44.2 Å². The van der Waals surface area contributed by atoms with Gasteiger partial charge in [0.25, 0.3) is 0 Å². The van der Waals surface area contributed by atoms with Crippen LogP contribution in [0.5, 0.6) is 11.5 Å². The van der Waals surface area contributed by atoms with Crippen molar-refractivity contribution in [3.8, 4) is 11.5 Å². The molecule has 2 aromatic rings. The minimum Gasteiger partial charge on any atom is -0.493 e. The van der Waals surface area contributed by atoms with Crippen molar-refractivity contribution >= 4 is 12.0 Å². The summed E-state index contributed by atoms with van der Waals surface area (Å²) in [4.78, 5) is 14.7. The quantitative estimate of drug-likeness (QED) is 0.577. The second-order valence-corrected chi connectivity index (χ2v) is 6.62. The molecule has 156 valence electrons. The maximum atomic E-state index is 12.3. The van der Waals surface area contributed by atoms with E-state index in [1.54, 1.807) is 19.3 Å². The van der Waals surface area contributed by atoms with E-state index in [-0.39, 0.29) is 5.91 Å². The molecule has 2 rings (SSSR count). The van der Waals surface area contributed by atoms with Crippen LogP contribution in [0.2, 0.25) is 0 Å². The number of carbonyl (C=O) groups is 1. The van der Waals surface area contributed by atoms with Gasteiger partial charge in [0, 0.05) is 19.2 Å². The smallest absolute Gasteiger partial charge is 0.244 e. The van der Waals surface area contributed by atoms with Crippen LogP contribution in [-0.2, 0) is 17.9 Å². The van der Waals surface area contributed by atoms with Gasteiger partial charge in [0.15, 0.2) is 11.5 Å². The Balaban J connectivity index is 1.99. The van der Waals surface area contributed by atoms with E-state index in [1.807, 2.05) is 37.3 Å². The fraction of sp³-hybridized carbons (Fsp3) is 0.375. The maximum absolute atomic E-state index is 12.3. The first-order valence-electron chi connectivity index (χ1n) is 10.2. The number of ether oxygens (including phenoxy) is 2. The van der Waals surface area contributed by atoms with Gasteiger partial charge in [0.1, 0.15) is 0 Å². The molecule has 5 heteroatoms. The van der Waals surface area contributed by atoms with Crippen LogP contribution < -0.4 is 14.8 Å². The van der Waals surface area contributed by atoms with E-state index in [1.165, 1.54) is 5.56 Å². The highest BCUT2D eigenvalue weighted by Crippen LogP contribution is 2.28. The molecule has 2 aromatic carbocycles. The zero-order valence-electron chi connectivity index (χ0n) is 17.9. The van der Waals surface area contributed by atoms with Crippen molar-refractivity contribution in [1.82, 2.24) is 10.2 Å². The van der Waals surface area contributed by atoms with E-state index < -0.39 is 0 Å². The fourth-order valence-electron chi connectivity index (χ4n) is 3.05. The Morgan fingerprint density at radius 3 is 2.41 bits per heavy atom. The second-order valence-electron chi connectivity index (χ2n) is 6.62. The highest BCUT2D eigenvalue weighted by molar-refractivity contribution is 5.91. The number of nitrogens with one attached hydrogen (secondary N) is 1. The highest BCUT2D eigenvalue weighted by Gasteiger charge is 2.07. The van der Waals surface area contributed by atoms with Crippen LogP contribution in [0.1, 0.15) is 37.5 Å². The van der Waals surface area contributed by atoms with Crippen molar-refractivity contribution in [3.05, 3.63) is 65.2 Å². The Labute approximate surface area is 174 Å². The molecule has 0 aromatic heterocycles. The Bertz CT molecular complexity index is 814. The van der Waals surface area contributed by atoms with E-state index in [9.17, 15) is 4.79 Å². The zero-order valence-corrected chi connectivity index (χ0v) is 17.9. The third-order valence-electron chi connectivity index (χ3n) is 4.77. The first-order valence-corrected chi connectivity index (χ1v) is 10.2. The van der Waals surface area contributed by atoms with Crippen molar-refractivity contribution in [2.75, 3.05) is 26.8 Å². The predicted molar refractivity (Wildman–Crippen MR) is 118 cm³/mol. The summed E-state index contributed by atoms with van der Waals surface area (Å²) in [5.74, 6) is 1.22. The van der Waals surface area contributed by atoms with Gasteiger partial charge in [0.05, 0.1) is 13.7 Å². The van der Waals surface area contributed by atoms with Crippen LogP contribution in [0.25, 0.3) is 6.08 Å². The summed E-state index contributed by atoms with van der Waals surface area (Å²) in [6, 6.07) is 13.9. The molecule has 0 saturated carbocycles. The summed E-state index contributed by atoms with van der Waals surface area (Å²) < 4.78 is 10.9. The number of amides is 1. The Kier molecular flexibility index (Phi) is 9.25. The van der Waals surface area contributed by atoms with Gasteiger partial charge in [-0.15, -0.1) is 0 Å². The third-order valence-corrected chi connectivity index (χ3v) is 4.77. The molecule has 0 aliphatic heterocycles. The maximum Gasteiger partial charge on any atom is 0.244 e. The molecule has 0 aliphatic rings. The summed E-state index contributed by atoms with van der Waals surface area (Å²) in [5.41, 5.74) is 3.27. The third kappa shape index (κ3) is 6.95. The Morgan fingerprint density at radius 2 is 1.76 bits per heavy atom. The van der Waals surface area contributed by atoms with Crippen LogP contribution in [0.3, 0.4) is 0 Å². The van der Waals surface area contributed by atoms with E-state index in [4.69, 9.17) is 9.47 Å². The molecule has 0 saturated heterocycles. The van der Waals surface area contributed by atoms with Crippen molar-refractivity contribution in [1.29, 1.82) is 0 Å². The largest absolute Gasteiger partial charge is 0.493 e. The first kappa shape index (κ1) is 22.5. The lowest BCUT2D eigenvalue weighted by Gasteiger charge is -2.20. The van der Waals surface area contributed by atoms with Gasteiger partial charge in [-0.05, 0) is 54.9 Å². The number of rotatable bonds is 11. The standard InChI is InChI=1S/C24H32N2O3/c1-5-26(6-2)18-21-11-9-8-10-20(21)17-25-24(27)15-13-19-12-14-22(28-4)23(16-19)29-7-3/h8-16H,5-7,17-18H2,1-4H3,(H,25,27)/b15-13+. The van der Waals surface area contributed by atoms with Gasteiger partial charge in [-0.3, -0.25) is 9.69 Å².